The van der Waals surface area contributed by atoms with Crippen molar-refractivity contribution in [1.82, 2.24) is 20.2 Å². The summed E-state index contributed by atoms with van der Waals surface area (Å²) < 4.78 is 1.45. The summed E-state index contributed by atoms with van der Waals surface area (Å²) in [6.45, 7) is 1.58. The molecule has 0 fully saturated rings. The van der Waals surface area contributed by atoms with Crippen LogP contribution in [-0.4, -0.2) is 31.5 Å². The third kappa shape index (κ3) is 2.77. The summed E-state index contributed by atoms with van der Waals surface area (Å²) in [5.41, 5.74) is 1.14. The van der Waals surface area contributed by atoms with Crippen molar-refractivity contribution < 1.29 is 4.79 Å². The van der Waals surface area contributed by atoms with Gasteiger partial charge in [-0.2, -0.15) is 0 Å². The normalized spacial score (nSPS) is 12.2. The van der Waals surface area contributed by atoms with Gasteiger partial charge in [-0.15, -0.1) is 16.7 Å². The van der Waals surface area contributed by atoms with E-state index in [1.54, 1.807) is 25.1 Å². The Balaban J connectivity index is 2.30. The van der Waals surface area contributed by atoms with Crippen molar-refractivity contribution in [2.45, 2.75) is 12.3 Å². The molecule has 6 nitrogen and oxygen atoms in total. The van der Waals surface area contributed by atoms with E-state index in [-0.39, 0.29) is 5.91 Å². The highest BCUT2D eigenvalue weighted by Crippen LogP contribution is 2.24. The van der Waals surface area contributed by atoms with E-state index in [0.29, 0.717) is 16.4 Å². The van der Waals surface area contributed by atoms with Gasteiger partial charge in [0.05, 0.1) is 16.4 Å². The molecule has 8 heteroatoms. The van der Waals surface area contributed by atoms with Gasteiger partial charge in [0, 0.05) is 0 Å². The van der Waals surface area contributed by atoms with E-state index in [4.69, 9.17) is 23.2 Å². The van der Waals surface area contributed by atoms with Gasteiger partial charge in [-0.25, -0.2) is 4.68 Å². The van der Waals surface area contributed by atoms with Gasteiger partial charge in [-0.1, -0.05) is 11.6 Å². The molecule has 0 saturated carbocycles. The highest BCUT2D eigenvalue weighted by molar-refractivity contribution is 6.35. The lowest BCUT2D eigenvalue weighted by Crippen LogP contribution is -2.20. The third-order valence-electron chi connectivity index (χ3n) is 2.18. The molecule has 2 rings (SSSR count). The molecule has 0 saturated heterocycles. The maximum atomic E-state index is 11.5. The Hall–Kier alpha value is -1.66. The Morgan fingerprint density at radius 3 is 2.89 bits per heavy atom. The van der Waals surface area contributed by atoms with E-state index in [1.165, 1.54) is 11.0 Å². The zero-order chi connectivity index (χ0) is 13.1. The summed E-state index contributed by atoms with van der Waals surface area (Å²) in [5.74, 6) is -0.326. The molecule has 1 unspecified atom stereocenters. The fourth-order valence-electron chi connectivity index (χ4n) is 1.26. The quantitative estimate of drug-likeness (QED) is 0.874. The number of halogens is 2. The van der Waals surface area contributed by atoms with Crippen LogP contribution in [0.3, 0.4) is 0 Å². The van der Waals surface area contributed by atoms with Crippen LogP contribution >= 0.6 is 23.2 Å². The number of hydrogen-bond acceptors (Lipinski definition) is 4. The molecule has 0 bridgehead atoms. The first-order chi connectivity index (χ1) is 8.58. The average Bonchev–Trinajstić information content (AvgIpc) is 2.85. The predicted octanol–water partition coefficient (Wildman–Crippen LogP) is 1.88. The molecule has 18 heavy (non-hydrogen) atoms. The van der Waals surface area contributed by atoms with Gasteiger partial charge in [0.1, 0.15) is 11.7 Å². The smallest absolute Gasteiger partial charge is 0.242 e. The Labute approximate surface area is 113 Å². The monoisotopic (exact) mass is 285 g/mol. The molecule has 1 N–H and O–H groups in total. The van der Waals surface area contributed by atoms with Gasteiger partial charge in [0.15, 0.2) is 0 Å². The number of aromatic nitrogens is 4. The molecule has 1 amide bonds. The van der Waals surface area contributed by atoms with E-state index in [9.17, 15) is 4.79 Å². The molecule has 0 aliphatic rings. The van der Waals surface area contributed by atoms with Crippen LogP contribution in [0.4, 0.5) is 5.69 Å². The lowest BCUT2D eigenvalue weighted by atomic mass is 10.2. The summed E-state index contributed by atoms with van der Waals surface area (Å²) in [6, 6.07) is 5.04. The first-order valence-electron chi connectivity index (χ1n) is 5.06. The summed E-state index contributed by atoms with van der Waals surface area (Å²) in [5, 5.41) is 13.2. The predicted molar refractivity (Wildman–Crippen MR) is 68.1 cm³/mol. The summed E-state index contributed by atoms with van der Waals surface area (Å²) in [6.07, 6.45) is 1.44. The van der Waals surface area contributed by atoms with Crippen LogP contribution in [-0.2, 0) is 4.79 Å². The Kier molecular flexibility index (Phi) is 3.78. The number of alkyl halides is 1. The van der Waals surface area contributed by atoms with E-state index in [2.05, 4.69) is 20.8 Å². The van der Waals surface area contributed by atoms with Crippen molar-refractivity contribution >= 4 is 34.8 Å². The van der Waals surface area contributed by atoms with Crippen LogP contribution in [0.25, 0.3) is 5.69 Å². The topological polar surface area (TPSA) is 72.7 Å². The fraction of sp³-hybridized carbons (Fsp3) is 0.200. The summed E-state index contributed by atoms with van der Waals surface area (Å²) in [7, 11) is 0. The van der Waals surface area contributed by atoms with Gasteiger partial charge in [-0.3, -0.25) is 4.79 Å². The lowest BCUT2D eigenvalue weighted by Gasteiger charge is -2.10. The van der Waals surface area contributed by atoms with Crippen molar-refractivity contribution in [1.29, 1.82) is 0 Å². The zero-order valence-corrected chi connectivity index (χ0v) is 10.9. The van der Waals surface area contributed by atoms with Gasteiger partial charge in [-0.05, 0) is 35.5 Å². The number of benzene rings is 1. The first kappa shape index (κ1) is 12.8. The SMILES string of the molecule is CC(Cl)C(=O)Nc1cc(-n2cnnn2)ccc1Cl. The molecule has 2 aromatic rings. The number of hydrogen-bond donors (Lipinski definition) is 1. The molecular formula is C10H9Cl2N5O. The molecule has 94 valence electrons. The third-order valence-corrected chi connectivity index (χ3v) is 2.71. The van der Waals surface area contributed by atoms with E-state index < -0.39 is 5.38 Å². The molecule has 0 aliphatic carbocycles. The van der Waals surface area contributed by atoms with E-state index in [0.717, 1.165) is 0 Å². The molecule has 0 aliphatic heterocycles. The summed E-state index contributed by atoms with van der Waals surface area (Å²) in [4.78, 5) is 11.5. The Morgan fingerprint density at radius 2 is 2.28 bits per heavy atom. The fourth-order valence-corrected chi connectivity index (χ4v) is 1.48. The molecule has 1 atom stereocenters. The number of nitrogens with one attached hydrogen (secondary N) is 1. The highest BCUT2D eigenvalue weighted by atomic mass is 35.5. The van der Waals surface area contributed by atoms with Crippen LogP contribution < -0.4 is 5.32 Å². The number of carbonyl (C=O) groups is 1. The minimum atomic E-state index is -0.641. The Morgan fingerprint density at radius 1 is 1.50 bits per heavy atom. The van der Waals surface area contributed by atoms with Crippen molar-refractivity contribution in [2.24, 2.45) is 0 Å². The van der Waals surface area contributed by atoms with Gasteiger partial charge >= 0.3 is 0 Å². The van der Waals surface area contributed by atoms with Crippen LogP contribution in [0.2, 0.25) is 5.02 Å². The standard InChI is InChI=1S/C10H9Cl2N5O/c1-6(11)10(18)14-9-4-7(2-3-8(9)12)17-5-13-15-16-17/h2-6H,1H3,(H,14,18). The Bertz CT molecular complexity index is 555. The second-order valence-electron chi connectivity index (χ2n) is 3.52. The van der Waals surface area contributed by atoms with Crippen molar-refractivity contribution in [3.8, 4) is 5.69 Å². The minimum Gasteiger partial charge on any atom is -0.323 e. The first-order valence-corrected chi connectivity index (χ1v) is 5.87. The second kappa shape index (κ2) is 5.32. The number of anilines is 1. The number of nitrogens with zero attached hydrogens (tertiary/aromatic N) is 4. The maximum absolute atomic E-state index is 11.5. The molecular weight excluding hydrogens is 277 g/mol. The molecule has 1 aromatic carbocycles. The summed E-state index contributed by atoms with van der Waals surface area (Å²) >= 11 is 11.7. The number of rotatable bonds is 3. The average molecular weight is 286 g/mol. The lowest BCUT2D eigenvalue weighted by molar-refractivity contribution is -0.115. The number of amides is 1. The van der Waals surface area contributed by atoms with Crippen molar-refractivity contribution in [3.63, 3.8) is 0 Å². The molecule has 1 aromatic heterocycles. The van der Waals surface area contributed by atoms with Crippen LogP contribution in [0.15, 0.2) is 24.5 Å². The largest absolute Gasteiger partial charge is 0.323 e. The minimum absolute atomic E-state index is 0.326. The highest BCUT2D eigenvalue weighted by Gasteiger charge is 2.12. The number of tetrazole rings is 1. The van der Waals surface area contributed by atoms with Gasteiger partial charge in [0.25, 0.3) is 0 Å². The zero-order valence-electron chi connectivity index (χ0n) is 9.34. The molecule has 0 radical (unpaired) electrons. The van der Waals surface area contributed by atoms with Gasteiger partial charge < -0.3 is 5.32 Å². The van der Waals surface area contributed by atoms with Crippen molar-refractivity contribution in [3.05, 3.63) is 29.5 Å². The maximum Gasteiger partial charge on any atom is 0.242 e. The van der Waals surface area contributed by atoms with Crippen LogP contribution in [0.1, 0.15) is 6.92 Å². The molecule has 0 spiro atoms. The van der Waals surface area contributed by atoms with Crippen LogP contribution in [0.5, 0.6) is 0 Å². The second-order valence-corrected chi connectivity index (χ2v) is 4.59. The van der Waals surface area contributed by atoms with Crippen molar-refractivity contribution in [2.75, 3.05) is 5.32 Å². The van der Waals surface area contributed by atoms with E-state index in [1.807, 2.05) is 0 Å². The van der Waals surface area contributed by atoms with Gasteiger partial charge in [0.2, 0.25) is 5.91 Å². The van der Waals surface area contributed by atoms with E-state index >= 15 is 0 Å². The number of carbonyl (C=O) groups excluding carboxylic acids is 1. The molecule has 1 heterocycles. The van der Waals surface area contributed by atoms with Crippen LogP contribution in [0, 0.1) is 0 Å².